The van der Waals surface area contributed by atoms with Crippen molar-refractivity contribution in [3.63, 3.8) is 0 Å². The number of hydrogen-bond donors (Lipinski definition) is 0. The van der Waals surface area contributed by atoms with Crippen LogP contribution in [-0.4, -0.2) is 32.1 Å². The lowest BCUT2D eigenvalue weighted by Crippen LogP contribution is -2.25. The lowest BCUT2D eigenvalue weighted by atomic mass is 9.99. The highest BCUT2D eigenvalue weighted by atomic mass is 16.5. The molecular weight excluding hydrogens is 320 g/mol. The Kier molecular flexibility index (Phi) is 5.80. The molecule has 0 radical (unpaired) electrons. The number of ether oxygens (including phenoxy) is 3. The molecule has 0 N–H and O–H groups in total. The molecule has 0 aromatic heterocycles. The molecule has 5 heteroatoms. The average Bonchev–Trinajstić information content (AvgIpc) is 2.62. The van der Waals surface area contributed by atoms with Crippen molar-refractivity contribution in [2.24, 2.45) is 0 Å². The van der Waals surface area contributed by atoms with Crippen LogP contribution < -0.4 is 9.47 Å². The number of ketones is 1. The number of aryl methyl sites for hydroxylation is 2. The Morgan fingerprint density at radius 1 is 0.920 bits per heavy atom. The van der Waals surface area contributed by atoms with E-state index in [4.69, 9.17) is 14.2 Å². The van der Waals surface area contributed by atoms with Gasteiger partial charge < -0.3 is 14.2 Å². The van der Waals surface area contributed by atoms with Crippen molar-refractivity contribution in [2.45, 2.75) is 26.9 Å². The molecule has 1 atom stereocenters. The molecule has 0 amide bonds. The molecule has 2 rings (SSSR count). The Morgan fingerprint density at radius 3 is 2.24 bits per heavy atom. The molecule has 5 nitrogen and oxygen atoms in total. The van der Waals surface area contributed by atoms with Gasteiger partial charge in [0, 0.05) is 5.56 Å². The Balaban J connectivity index is 2.17. The third kappa shape index (κ3) is 4.18. The van der Waals surface area contributed by atoms with Crippen LogP contribution in [0, 0.1) is 13.8 Å². The van der Waals surface area contributed by atoms with Gasteiger partial charge in [-0.05, 0) is 50.6 Å². The topological polar surface area (TPSA) is 61.8 Å². The molecular formula is C20H22O5. The number of rotatable bonds is 6. The SMILES string of the molecule is COc1ccc(C(=O)O[C@H](C)C(=O)c2cc(C)ccc2C)cc1OC. The van der Waals surface area contributed by atoms with Gasteiger partial charge in [0.05, 0.1) is 19.8 Å². The number of carbonyl (C=O) groups is 2. The van der Waals surface area contributed by atoms with Gasteiger partial charge in [-0.25, -0.2) is 4.79 Å². The summed E-state index contributed by atoms with van der Waals surface area (Å²) in [5.74, 6) is 0.117. The summed E-state index contributed by atoms with van der Waals surface area (Å²) >= 11 is 0. The highest BCUT2D eigenvalue weighted by molar-refractivity contribution is 6.02. The van der Waals surface area contributed by atoms with Crippen molar-refractivity contribution < 1.29 is 23.8 Å². The maximum atomic E-state index is 12.6. The lowest BCUT2D eigenvalue weighted by Gasteiger charge is -2.15. The van der Waals surface area contributed by atoms with Gasteiger partial charge in [-0.15, -0.1) is 0 Å². The second-order valence-electron chi connectivity index (χ2n) is 5.80. The third-order valence-electron chi connectivity index (χ3n) is 3.93. The first kappa shape index (κ1) is 18.5. The number of esters is 1. The first-order chi connectivity index (χ1) is 11.9. The van der Waals surface area contributed by atoms with Gasteiger partial charge in [0.25, 0.3) is 0 Å². The fourth-order valence-electron chi connectivity index (χ4n) is 2.47. The van der Waals surface area contributed by atoms with Crippen LogP contribution in [0.5, 0.6) is 11.5 Å². The molecule has 0 heterocycles. The normalized spacial score (nSPS) is 11.6. The molecule has 0 unspecified atom stereocenters. The van der Waals surface area contributed by atoms with Crippen LogP contribution in [-0.2, 0) is 4.74 Å². The van der Waals surface area contributed by atoms with Crippen LogP contribution in [0.15, 0.2) is 36.4 Å². The summed E-state index contributed by atoms with van der Waals surface area (Å²) in [7, 11) is 3.00. The largest absolute Gasteiger partial charge is 0.493 e. The number of carbonyl (C=O) groups excluding carboxylic acids is 2. The molecule has 2 aromatic carbocycles. The van der Waals surface area contributed by atoms with Crippen LogP contribution >= 0.6 is 0 Å². The summed E-state index contributed by atoms with van der Waals surface area (Å²) < 4.78 is 15.7. The van der Waals surface area contributed by atoms with E-state index in [2.05, 4.69) is 0 Å². The van der Waals surface area contributed by atoms with E-state index < -0.39 is 12.1 Å². The highest BCUT2D eigenvalue weighted by Gasteiger charge is 2.22. The fraction of sp³-hybridized carbons (Fsp3) is 0.300. The monoisotopic (exact) mass is 342 g/mol. The van der Waals surface area contributed by atoms with E-state index in [1.807, 2.05) is 26.0 Å². The summed E-state index contributed by atoms with van der Waals surface area (Å²) in [5.41, 5.74) is 2.68. The van der Waals surface area contributed by atoms with E-state index in [1.54, 1.807) is 25.1 Å². The summed E-state index contributed by atoms with van der Waals surface area (Å²) in [5, 5.41) is 0. The summed E-state index contributed by atoms with van der Waals surface area (Å²) in [6.07, 6.45) is -0.888. The average molecular weight is 342 g/mol. The van der Waals surface area contributed by atoms with Gasteiger partial charge in [0.1, 0.15) is 0 Å². The molecule has 25 heavy (non-hydrogen) atoms. The Hall–Kier alpha value is -2.82. The third-order valence-corrected chi connectivity index (χ3v) is 3.93. The molecule has 0 fully saturated rings. The summed E-state index contributed by atoms with van der Waals surface area (Å²) in [4.78, 5) is 24.9. The molecule has 0 aliphatic rings. The molecule has 0 saturated carbocycles. The van der Waals surface area contributed by atoms with E-state index in [9.17, 15) is 9.59 Å². The van der Waals surface area contributed by atoms with E-state index in [1.165, 1.54) is 20.3 Å². The molecule has 0 aliphatic carbocycles. The van der Waals surface area contributed by atoms with Crippen LogP contribution in [0.4, 0.5) is 0 Å². The van der Waals surface area contributed by atoms with E-state index in [-0.39, 0.29) is 5.78 Å². The summed E-state index contributed by atoms with van der Waals surface area (Å²) in [6, 6.07) is 10.3. The van der Waals surface area contributed by atoms with E-state index >= 15 is 0 Å². The molecule has 132 valence electrons. The number of hydrogen-bond acceptors (Lipinski definition) is 5. The van der Waals surface area contributed by atoms with Crippen molar-refractivity contribution in [3.8, 4) is 11.5 Å². The Bertz CT molecular complexity index is 795. The fourth-order valence-corrected chi connectivity index (χ4v) is 2.47. The van der Waals surface area contributed by atoms with E-state index in [0.29, 0.717) is 22.6 Å². The van der Waals surface area contributed by atoms with E-state index in [0.717, 1.165) is 11.1 Å². The lowest BCUT2D eigenvalue weighted by molar-refractivity contribution is 0.0318. The summed E-state index contributed by atoms with van der Waals surface area (Å²) in [6.45, 7) is 5.34. The first-order valence-electron chi connectivity index (χ1n) is 7.91. The number of methoxy groups -OCH3 is 2. The zero-order chi connectivity index (χ0) is 18.6. The minimum atomic E-state index is -0.888. The maximum Gasteiger partial charge on any atom is 0.338 e. The van der Waals surface area contributed by atoms with Crippen molar-refractivity contribution in [3.05, 3.63) is 58.7 Å². The molecule has 0 spiro atoms. The molecule has 0 bridgehead atoms. The number of Topliss-reactive ketones (excluding diaryl/α,β-unsaturated/α-hetero) is 1. The first-order valence-corrected chi connectivity index (χ1v) is 7.91. The molecule has 0 aliphatic heterocycles. The van der Waals surface area contributed by atoms with Crippen LogP contribution in [0.25, 0.3) is 0 Å². The predicted molar refractivity (Wildman–Crippen MR) is 94.7 cm³/mol. The second-order valence-corrected chi connectivity index (χ2v) is 5.80. The maximum absolute atomic E-state index is 12.6. The van der Waals surface area contributed by atoms with Crippen LogP contribution in [0.1, 0.15) is 38.8 Å². The van der Waals surface area contributed by atoms with Crippen molar-refractivity contribution >= 4 is 11.8 Å². The number of benzene rings is 2. The van der Waals surface area contributed by atoms with Crippen LogP contribution in [0.2, 0.25) is 0 Å². The van der Waals surface area contributed by atoms with Crippen LogP contribution in [0.3, 0.4) is 0 Å². The Labute approximate surface area is 147 Å². The van der Waals surface area contributed by atoms with Gasteiger partial charge in [-0.2, -0.15) is 0 Å². The standard InChI is InChI=1S/C20H22O5/c1-12-6-7-13(2)16(10-12)19(21)14(3)25-20(22)15-8-9-17(23-4)18(11-15)24-5/h6-11,14H,1-5H3/t14-/m1/s1. The minimum absolute atomic E-state index is 0.227. The predicted octanol–water partition coefficient (Wildman–Crippen LogP) is 3.75. The Morgan fingerprint density at radius 2 is 1.60 bits per heavy atom. The smallest absolute Gasteiger partial charge is 0.338 e. The van der Waals surface area contributed by atoms with Crippen molar-refractivity contribution in [2.75, 3.05) is 14.2 Å². The second kappa shape index (κ2) is 7.83. The zero-order valence-corrected chi connectivity index (χ0v) is 15.1. The van der Waals surface area contributed by atoms with Gasteiger partial charge in [0.2, 0.25) is 5.78 Å². The van der Waals surface area contributed by atoms with Gasteiger partial charge >= 0.3 is 5.97 Å². The van der Waals surface area contributed by atoms with Gasteiger partial charge in [-0.3, -0.25) is 4.79 Å². The quantitative estimate of drug-likeness (QED) is 0.591. The highest BCUT2D eigenvalue weighted by Crippen LogP contribution is 2.28. The molecule has 2 aromatic rings. The zero-order valence-electron chi connectivity index (χ0n) is 15.1. The van der Waals surface area contributed by atoms with Gasteiger partial charge in [-0.1, -0.05) is 17.7 Å². The van der Waals surface area contributed by atoms with Crippen molar-refractivity contribution in [1.29, 1.82) is 0 Å². The molecule has 0 saturated heterocycles. The van der Waals surface area contributed by atoms with Crippen molar-refractivity contribution in [1.82, 2.24) is 0 Å². The van der Waals surface area contributed by atoms with Gasteiger partial charge in [0.15, 0.2) is 17.6 Å². The minimum Gasteiger partial charge on any atom is -0.493 e.